The molecular weight excluding hydrogens is 256 g/mol. The summed E-state index contributed by atoms with van der Waals surface area (Å²) in [6.07, 6.45) is 5.39. The second-order valence-electron chi connectivity index (χ2n) is 6.20. The predicted octanol–water partition coefficient (Wildman–Crippen LogP) is 3.49. The van der Waals surface area contributed by atoms with Crippen molar-refractivity contribution >= 4 is 0 Å². The van der Waals surface area contributed by atoms with Gasteiger partial charge in [-0.25, -0.2) is 0 Å². The van der Waals surface area contributed by atoms with Crippen molar-refractivity contribution in [3.05, 3.63) is 35.4 Å². The molecule has 1 unspecified atom stereocenters. The second-order valence-corrected chi connectivity index (χ2v) is 6.20. The predicted molar refractivity (Wildman–Crippen MR) is 92.3 cm³/mol. The molecule has 0 aromatic heterocycles. The van der Waals surface area contributed by atoms with Crippen LogP contribution in [0.2, 0.25) is 0 Å². The van der Waals surface area contributed by atoms with Crippen molar-refractivity contribution in [3.63, 3.8) is 0 Å². The third-order valence-electron chi connectivity index (χ3n) is 3.72. The van der Waals surface area contributed by atoms with Crippen molar-refractivity contribution in [1.82, 2.24) is 10.2 Å². The van der Waals surface area contributed by atoms with E-state index in [-0.39, 0.29) is 0 Å². The maximum Gasteiger partial charge on any atom is 0.0601 e. The van der Waals surface area contributed by atoms with Gasteiger partial charge in [-0.05, 0) is 36.1 Å². The van der Waals surface area contributed by atoms with E-state index in [2.05, 4.69) is 68.1 Å². The van der Waals surface area contributed by atoms with Gasteiger partial charge in [0.2, 0.25) is 0 Å². The molecule has 0 saturated carbocycles. The number of hydrogen-bond donors (Lipinski definition) is 1. The zero-order chi connectivity index (χ0) is 15.7. The summed E-state index contributed by atoms with van der Waals surface area (Å²) in [7, 11) is 0. The Labute approximate surface area is 130 Å². The van der Waals surface area contributed by atoms with Gasteiger partial charge < -0.3 is 5.32 Å². The zero-order valence-corrected chi connectivity index (χ0v) is 14.0. The fraction of sp³-hybridized carbons (Fsp3) is 0.579. The highest BCUT2D eigenvalue weighted by molar-refractivity contribution is 5.25. The maximum absolute atomic E-state index is 5.39. The fourth-order valence-electron chi connectivity index (χ4n) is 2.32. The lowest BCUT2D eigenvalue weighted by Crippen LogP contribution is -2.24. The van der Waals surface area contributed by atoms with E-state index < -0.39 is 0 Å². The molecule has 116 valence electrons. The van der Waals surface area contributed by atoms with Crippen LogP contribution in [0.3, 0.4) is 0 Å². The lowest BCUT2D eigenvalue weighted by molar-refractivity contribution is 0.316. The number of benzene rings is 1. The third kappa shape index (κ3) is 6.80. The molecule has 0 heterocycles. The molecule has 2 nitrogen and oxygen atoms in total. The average molecular weight is 286 g/mol. The monoisotopic (exact) mass is 286 g/mol. The van der Waals surface area contributed by atoms with Crippen LogP contribution in [0, 0.1) is 18.3 Å². The first-order valence-electron chi connectivity index (χ1n) is 8.02. The Bertz CT molecular complexity index is 428. The molecule has 0 amide bonds. The third-order valence-corrected chi connectivity index (χ3v) is 3.72. The molecule has 0 saturated heterocycles. The minimum absolute atomic E-state index is 0.547. The molecule has 0 fully saturated rings. The summed E-state index contributed by atoms with van der Waals surface area (Å²) in [5, 5.41) is 3.53. The normalized spacial score (nSPS) is 12.6. The van der Waals surface area contributed by atoms with Crippen LogP contribution in [0.4, 0.5) is 0 Å². The highest BCUT2D eigenvalue weighted by Crippen LogP contribution is 2.16. The van der Waals surface area contributed by atoms with Gasteiger partial charge in [-0.1, -0.05) is 57.9 Å². The smallest absolute Gasteiger partial charge is 0.0601 e. The molecule has 1 atom stereocenters. The van der Waals surface area contributed by atoms with E-state index in [9.17, 15) is 0 Å². The van der Waals surface area contributed by atoms with Crippen molar-refractivity contribution in [1.29, 1.82) is 0 Å². The Morgan fingerprint density at radius 3 is 2.33 bits per heavy atom. The first-order chi connectivity index (χ1) is 10.1. The zero-order valence-electron chi connectivity index (χ0n) is 14.0. The molecular formula is C19H30N2. The maximum atomic E-state index is 5.39. The number of terminal acetylenes is 1. The molecule has 2 heteroatoms. The quantitative estimate of drug-likeness (QED) is 0.699. The van der Waals surface area contributed by atoms with Crippen LogP contribution in [0.5, 0.6) is 0 Å². The second kappa shape index (κ2) is 9.60. The summed E-state index contributed by atoms with van der Waals surface area (Å²) in [6.45, 7) is 13.7. The first-order valence-corrected chi connectivity index (χ1v) is 8.02. The van der Waals surface area contributed by atoms with Gasteiger partial charge in [0.05, 0.1) is 6.54 Å². The molecule has 1 aromatic carbocycles. The van der Waals surface area contributed by atoms with Gasteiger partial charge in [0, 0.05) is 13.1 Å². The summed E-state index contributed by atoms with van der Waals surface area (Å²) >= 11 is 0. The van der Waals surface area contributed by atoms with Crippen molar-refractivity contribution in [2.24, 2.45) is 5.92 Å². The molecule has 0 bridgehead atoms. The topological polar surface area (TPSA) is 15.3 Å². The Balaban J connectivity index is 2.51. The summed E-state index contributed by atoms with van der Waals surface area (Å²) in [5.74, 6) is 3.97. The highest BCUT2D eigenvalue weighted by Gasteiger charge is 2.07. The van der Waals surface area contributed by atoms with Crippen molar-refractivity contribution < 1.29 is 0 Å². The minimum Gasteiger partial charge on any atom is -0.316 e. The van der Waals surface area contributed by atoms with E-state index in [4.69, 9.17) is 6.42 Å². The van der Waals surface area contributed by atoms with Gasteiger partial charge in [-0.3, -0.25) is 4.90 Å². The Morgan fingerprint density at radius 2 is 1.81 bits per heavy atom. The fourth-order valence-corrected chi connectivity index (χ4v) is 2.32. The van der Waals surface area contributed by atoms with Crippen molar-refractivity contribution in [2.45, 2.75) is 40.2 Å². The van der Waals surface area contributed by atoms with Gasteiger partial charge in [0.1, 0.15) is 0 Å². The molecule has 0 aliphatic carbocycles. The highest BCUT2D eigenvalue weighted by atomic mass is 15.1. The number of nitrogens with zero attached hydrogens (tertiary/aromatic N) is 1. The molecule has 1 rings (SSSR count). The van der Waals surface area contributed by atoms with E-state index in [1.165, 1.54) is 11.1 Å². The lowest BCUT2D eigenvalue weighted by Gasteiger charge is -2.18. The van der Waals surface area contributed by atoms with Crippen LogP contribution in [-0.2, 0) is 6.54 Å². The van der Waals surface area contributed by atoms with E-state index in [1.807, 2.05) is 0 Å². The number of hydrogen-bond acceptors (Lipinski definition) is 2. The Kier molecular flexibility index (Phi) is 8.12. The summed E-state index contributed by atoms with van der Waals surface area (Å²) < 4.78 is 0. The largest absolute Gasteiger partial charge is 0.316 e. The molecule has 0 aliphatic rings. The van der Waals surface area contributed by atoms with Gasteiger partial charge in [0.25, 0.3) is 0 Å². The van der Waals surface area contributed by atoms with Gasteiger partial charge >= 0.3 is 0 Å². The van der Waals surface area contributed by atoms with Crippen LogP contribution >= 0.6 is 0 Å². The van der Waals surface area contributed by atoms with E-state index in [0.717, 1.165) is 26.2 Å². The molecule has 0 radical (unpaired) electrons. The lowest BCUT2D eigenvalue weighted by atomic mass is 9.99. The van der Waals surface area contributed by atoms with Crippen LogP contribution in [0.25, 0.3) is 0 Å². The van der Waals surface area contributed by atoms with Gasteiger partial charge in [-0.2, -0.15) is 0 Å². The summed E-state index contributed by atoms with van der Waals surface area (Å²) in [6, 6.07) is 8.96. The average Bonchev–Trinajstić information content (AvgIpc) is 2.47. The van der Waals surface area contributed by atoms with E-state index in [0.29, 0.717) is 18.4 Å². The number of nitrogens with one attached hydrogen (secondary N) is 1. The van der Waals surface area contributed by atoms with Crippen LogP contribution in [0.15, 0.2) is 24.3 Å². The Hall–Kier alpha value is -1.30. The van der Waals surface area contributed by atoms with Gasteiger partial charge in [0.15, 0.2) is 0 Å². The molecule has 21 heavy (non-hydrogen) atoms. The SMILES string of the molecule is C#CCN(CC)Cc1ccc(C(C)CNCC(C)C)cc1. The first kappa shape index (κ1) is 17.8. The van der Waals surface area contributed by atoms with Crippen LogP contribution in [0.1, 0.15) is 44.7 Å². The summed E-state index contributed by atoms with van der Waals surface area (Å²) in [5.41, 5.74) is 2.73. The van der Waals surface area contributed by atoms with E-state index in [1.54, 1.807) is 0 Å². The molecule has 1 N–H and O–H groups in total. The molecule has 1 aromatic rings. The molecule has 0 aliphatic heterocycles. The van der Waals surface area contributed by atoms with E-state index >= 15 is 0 Å². The van der Waals surface area contributed by atoms with Crippen LogP contribution < -0.4 is 5.32 Å². The number of rotatable bonds is 9. The Morgan fingerprint density at radius 1 is 1.14 bits per heavy atom. The standard InChI is InChI=1S/C19H30N2/c1-6-12-21(7-2)15-18-8-10-19(11-9-18)17(5)14-20-13-16(3)4/h1,8-11,16-17,20H,7,12-15H2,2-5H3. The molecule has 0 spiro atoms. The van der Waals surface area contributed by atoms with Gasteiger partial charge in [-0.15, -0.1) is 6.42 Å². The van der Waals surface area contributed by atoms with Crippen molar-refractivity contribution in [3.8, 4) is 12.3 Å². The van der Waals surface area contributed by atoms with Crippen LogP contribution in [-0.4, -0.2) is 31.1 Å². The minimum atomic E-state index is 0.547. The summed E-state index contributed by atoms with van der Waals surface area (Å²) in [4.78, 5) is 2.27. The van der Waals surface area contributed by atoms with Crippen molar-refractivity contribution in [2.75, 3.05) is 26.2 Å².